The first-order valence-corrected chi connectivity index (χ1v) is 5.63. The Morgan fingerprint density at radius 1 is 1.61 bits per heavy atom. The smallest absolute Gasteiger partial charge is 0.232 e. The number of carbonyl (C=O) groups excluding carboxylic acids is 1. The van der Waals surface area contributed by atoms with E-state index >= 15 is 0 Å². The van der Waals surface area contributed by atoms with Crippen molar-refractivity contribution in [1.29, 1.82) is 0 Å². The summed E-state index contributed by atoms with van der Waals surface area (Å²) < 4.78 is 4.87. The van der Waals surface area contributed by atoms with Crippen LogP contribution < -0.4 is 10.1 Å². The number of aliphatic hydroxyl groups excluding tert-OH is 2. The lowest BCUT2D eigenvalue weighted by atomic mass is 10.1. The number of carbonyl (C=O) groups is 1. The summed E-state index contributed by atoms with van der Waals surface area (Å²) in [4.78, 5) is 14.6. The molecule has 1 heterocycles. The summed E-state index contributed by atoms with van der Waals surface area (Å²) in [6.07, 6.45) is -0.972. The average molecular weight is 275 g/mol. The SMILES string of the molecule is COc1ncc(C(O)C(O)CNC(C)=O)cc1Cl. The van der Waals surface area contributed by atoms with Crippen LogP contribution in [0.5, 0.6) is 5.88 Å². The van der Waals surface area contributed by atoms with Crippen LogP contribution in [0.15, 0.2) is 12.3 Å². The molecule has 6 nitrogen and oxygen atoms in total. The lowest BCUT2D eigenvalue weighted by molar-refractivity contribution is -0.119. The number of methoxy groups -OCH3 is 1. The fraction of sp³-hybridized carbons (Fsp3) is 0.455. The van der Waals surface area contributed by atoms with E-state index in [1.165, 1.54) is 26.3 Å². The van der Waals surface area contributed by atoms with Gasteiger partial charge in [0.05, 0.1) is 7.11 Å². The number of hydrogen-bond acceptors (Lipinski definition) is 5. The molecule has 0 aliphatic carbocycles. The Morgan fingerprint density at radius 3 is 2.78 bits per heavy atom. The lowest BCUT2D eigenvalue weighted by Crippen LogP contribution is -2.34. The number of hydrogen-bond donors (Lipinski definition) is 3. The van der Waals surface area contributed by atoms with Crippen LogP contribution in [0, 0.1) is 0 Å². The van der Waals surface area contributed by atoms with Crippen molar-refractivity contribution in [2.45, 2.75) is 19.1 Å². The summed E-state index contributed by atoms with van der Waals surface area (Å²) in [5, 5.41) is 22.2. The number of aromatic nitrogens is 1. The highest BCUT2D eigenvalue weighted by molar-refractivity contribution is 6.31. The van der Waals surface area contributed by atoms with Crippen molar-refractivity contribution < 1.29 is 19.7 Å². The normalized spacial score (nSPS) is 13.8. The maximum atomic E-state index is 10.7. The number of rotatable bonds is 5. The Bertz CT molecular complexity index is 428. The zero-order valence-corrected chi connectivity index (χ0v) is 10.8. The molecule has 0 spiro atoms. The van der Waals surface area contributed by atoms with Crippen LogP contribution in [0.4, 0.5) is 0 Å². The van der Waals surface area contributed by atoms with Crippen molar-refractivity contribution >= 4 is 17.5 Å². The van der Waals surface area contributed by atoms with Crippen LogP contribution in [-0.2, 0) is 4.79 Å². The molecule has 0 saturated heterocycles. The number of nitrogens with zero attached hydrogens (tertiary/aromatic N) is 1. The maximum absolute atomic E-state index is 10.7. The third kappa shape index (κ3) is 3.83. The zero-order valence-electron chi connectivity index (χ0n) is 10.1. The Balaban J connectivity index is 2.74. The van der Waals surface area contributed by atoms with Crippen molar-refractivity contribution in [2.24, 2.45) is 0 Å². The first kappa shape index (κ1) is 14.7. The molecule has 2 unspecified atom stereocenters. The van der Waals surface area contributed by atoms with Crippen LogP contribution in [0.1, 0.15) is 18.6 Å². The molecule has 0 saturated carbocycles. The van der Waals surface area contributed by atoms with Gasteiger partial charge < -0.3 is 20.3 Å². The first-order chi connectivity index (χ1) is 8.45. The van der Waals surface area contributed by atoms with E-state index in [0.717, 1.165) is 0 Å². The van der Waals surface area contributed by atoms with E-state index in [1.807, 2.05) is 0 Å². The number of ether oxygens (including phenoxy) is 1. The Hall–Kier alpha value is -1.37. The fourth-order valence-corrected chi connectivity index (χ4v) is 1.59. The topological polar surface area (TPSA) is 91.7 Å². The van der Waals surface area contributed by atoms with Crippen LogP contribution in [-0.4, -0.2) is 40.9 Å². The third-order valence-corrected chi connectivity index (χ3v) is 2.56. The molecule has 0 bridgehead atoms. The Morgan fingerprint density at radius 2 is 2.28 bits per heavy atom. The quantitative estimate of drug-likeness (QED) is 0.717. The molecule has 7 heteroatoms. The van der Waals surface area contributed by atoms with Crippen molar-refractivity contribution in [1.82, 2.24) is 10.3 Å². The highest BCUT2D eigenvalue weighted by atomic mass is 35.5. The Labute approximate surface area is 110 Å². The fourth-order valence-electron chi connectivity index (χ4n) is 1.33. The van der Waals surface area contributed by atoms with E-state index in [-0.39, 0.29) is 23.4 Å². The number of amides is 1. The predicted molar refractivity (Wildman–Crippen MR) is 65.4 cm³/mol. The zero-order chi connectivity index (χ0) is 13.7. The third-order valence-electron chi connectivity index (χ3n) is 2.29. The summed E-state index contributed by atoms with van der Waals surface area (Å²) in [6.45, 7) is 1.27. The molecule has 1 rings (SSSR count). The van der Waals surface area contributed by atoms with E-state index < -0.39 is 12.2 Å². The largest absolute Gasteiger partial charge is 0.480 e. The van der Waals surface area contributed by atoms with Crippen LogP contribution in [0.25, 0.3) is 0 Å². The number of aliphatic hydroxyl groups is 2. The highest BCUT2D eigenvalue weighted by Crippen LogP contribution is 2.26. The minimum atomic E-state index is -1.19. The van der Waals surface area contributed by atoms with E-state index in [9.17, 15) is 15.0 Å². The number of halogens is 1. The molecule has 3 N–H and O–H groups in total. The monoisotopic (exact) mass is 274 g/mol. The molecule has 18 heavy (non-hydrogen) atoms. The molecule has 100 valence electrons. The molecule has 0 aliphatic heterocycles. The second-order valence-electron chi connectivity index (χ2n) is 3.71. The first-order valence-electron chi connectivity index (χ1n) is 5.25. The molecular weight excluding hydrogens is 260 g/mol. The van der Waals surface area contributed by atoms with E-state index in [4.69, 9.17) is 16.3 Å². The minimum absolute atomic E-state index is 0.0554. The molecule has 0 fully saturated rings. The van der Waals surface area contributed by atoms with Gasteiger partial charge >= 0.3 is 0 Å². The van der Waals surface area contributed by atoms with E-state index in [0.29, 0.717) is 5.56 Å². The molecule has 2 atom stereocenters. The van der Waals surface area contributed by atoms with Gasteiger partial charge in [0.25, 0.3) is 0 Å². The minimum Gasteiger partial charge on any atom is -0.480 e. The molecule has 1 amide bonds. The summed E-state index contributed by atoms with van der Waals surface area (Å²) in [7, 11) is 1.43. The van der Waals surface area contributed by atoms with Gasteiger partial charge in [-0.15, -0.1) is 0 Å². The molecule has 0 aliphatic rings. The summed E-state index contributed by atoms with van der Waals surface area (Å²) in [6, 6.07) is 1.45. The Kier molecular flexibility index (Phi) is 5.33. The van der Waals surface area contributed by atoms with Crippen LogP contribution in [0.3, 0.4) is 0 Å². The highest BCUT2D eigenvalue weighted by Gasteiger charge is 2.20. The van der Waals surface area contributed by atoms with Gasteiger partial charge in [0, 0.05) is 25.2 Å². The van der Waals surface area contributed by atoms with Gasteiger partial charge in [-0.3, -0.25) is 4.79 Å². The molecule has 1 aromatic heterocycles. The van der Waals surface area contributed by atoms with Gasteiger partial charge in [-0.25, -0.2) is 4.98 Å². The molecule has 1 aromatic rings. The second kappa shape index (κ2) is 6.53. The second-order valence-corrected chi connectivity index (χ2v) is 4.12. The molecular formula is C11H15ClN2O4. The van der Waals surface area contributed by atoms with Crippen LogP contribution >= 0.6 is 11.6 Å². The van der Waals surface area contributed by atoms with Gasteiger partial charge in [0.1, 0.15) is 17.2 Å². The van der Waals surface area contributed by atoms with Gasteiger partial charge in [-0.05, 0) is 6.07 Å². The average Bonchev–Trinajstić information content (AvgIpc) is 2.34. The summed E-state index contributed by atoms with van der Waals surface area (Å²) in [5.41, 5.74) is 0.346. The van der Waals surface area contributed by atoms with Crippen molar-refractivity contribution in [3.63, 3.8) is 0 Å². The van der Waals surface area contributed by atoms with Gasteiger partial charge in [-0.1, -0.05) is 11.6 Å². The van der Waals surface area contributed by atoms with Gasteiger partial charge in [0.2, 0.25) is 11.8 Å². The van der Waals surface area contributed by atoms with Crippen molar-refractivity contribution in [2.75, 3.05) is 13.7 Å². The number of nitrogens with one attached hydrogen (secondary N) is 1. The van der Waals surface area contributed by atoms with E-state index in [2.05, 4.69) is 10.3 Å². The lowest BCUT2D eigenvalue weighted by Gasteiger charge is -2.18. The molecule has 0 radical (unpaired) electrons. The molecule has 0 aromatic carbocycles. The van der Waals surface area contributed by atoms with Gasteiger partial charge in [0.15, 0.2) is 0 Å². The number of pyridine rings is 1. The van der Waals surface area contributed by atoms with Gasteiger partial charge in [-0.2, -0.15) is 0 Å². The summed E-state index contributed by atoms with van der Waals surface area (Å²) in [5.74, 6) is -0.0453. The van der Waals surface area contributed by atoms with Crippen LogP contribution in [0.2, 0.25) is 5.02 Å². The predicted octanol–water partition coefficient (Wildman–Crippen LogP) is 0.274. The standard InChI is InChI=1S/C11H15ClN2O4/c1-6(15)13-5-9(16)10(17)7-3-8(12)11(18-2)14-4-7/h3-4,9-10,16-17H,5H2,1-2H3,(H,13,15). The van der Waals surface area contributed by atoms with Crippen molar-refractivity contribution in [3.05, 3.63) is 22.8 Å². The summed E-state index contributed by atoms with van der Waals surface area (Å²) >= 11 is 5.86. The van der Waals surface area contributed by atoms with Crippen molar-refractivity contribution in [3.8, 4) is 5.88 Å². The van der Waals surface area contributed by atoms with E-state index in [1.54, 1.807) is 0 Å². The maximum Gasteiger partial charge on any atom is 0.232 e.